The number of rotatable bonds is 5. The molecule has 1 unspecified atom stereocenters. The van der Waals surface area contributed by atoms with Crippen LogP contribution in [0.5, 0.6) is 5.75 Å². The highest BCUT2D eigenvalue weighted by atomic mass is 35.5. The Balaban J connectivity index is 2.62. The molecule has 5 heteroatoms. The van der Waals surface area contributed by atoms with Crippen LogP contribution in [0.4, 0.5) is 5.69 Å². The Hall–Kier alpha value is -1.42. The zero-order valence-electron chi connectivity index (χ0n) is 9.16. The number of carbonyl (C=O) groups is 1. The van der Waals surface area contributed by atoms with Crippen LogP contribution in [-0.2, 0) is 4.79 Å². The second-order valence-electron chi connectivity index (χ2n) is 3.47. The summed E-state index contributed by atoms with van der Waals surface area (Å²) in [6, 6.07) is 5.23. The summed E-state index contributed by atoms with van der Waals surface area (Å²) in [5.41, 5.74) is 0.777. The minimum Gasteiger partial charge on any atom is -0.495 e. The third-order valence-corrected chi connectivity index (χ3v) is 2.48. The fraction of sp³-hybridized carbons (Fsp3) is 0.364. The Bertz CT molecular complexity index is 381. The smallest absolute Gasteiger partial charge is 0.308 e. The van der Waals surface area contributed by atoms with Gasteiger partial charge >= 0.3 is 5.97 Å². The molecule has 0 aliphatic carbocycles. The van der Waals surface area contributed by atoms with E-state index in [-0.39, 0.29) is 0 Å². The van der Waals surface area contributed by atoms with Gasteiger partial charge in [-0.2, -0.15) is 0 Å². The van der Waals surface area contributed by atoms with Gasteiger partial charge in [0.2, 0.25) is 0 Å². The second kappa shape index (κ2) is 5.61. The van der Waals surface area contributed by atoms with Crippen LogP contribution < -0.4 is 10.1 Å². The quantitative estimate of drug-likeness (QED) is 0.834. The third-order valence-electron chi connectivity index (χ3n) is 2.19. The van der Waals surface area contributed by atoms with Crippen molar-refractivity contribution in [2.45, 2.75) is 6.92 Å². The number of ether oxygens (including phenoxy) is 1. The average molecular weight is 244 g/mol. The molecule has 2 N–H and O–H groups in total. The van der Waals surface area contributed by atoms with Crippen molar-refractivity contribution in [2.75, 3.05) is 19.0 Å². The number of anilines is 1. The number of carboxylic acid groups (broad SMARTS) is 1. The van der Waals surface area contributed by atoms with Crippen LogP contribution in [0.2, 0.25) is 5.02 Å². The minimum atomic E-state index is -0.827. The molecule has 0 bridgehead atoms. The average Bonchev–Trinajstić information content (AvgIpc) is 2.25. The van der Waals surface area contributed by atoms with Gasteiger partial charge in [0.1, 0.15) is 5.75 Å². The molecule has 4 nitrogen and oxygen atoms in total. The molecule has 0 amide bonds. The molecule has 16 heavy (non-hydrogen) atoms. The number of hydrogen-bond acceptors (Lipinski definition) is 3. The summed E-state index contributed by atoms with van der Waals surface area (Å²) < 4.78 is 5.01. The van der Waals surface area contributed by atoms with Crippen molar-refractivity contribution >= 4 is 23.3 Å². The van der Waals surface area contributed by atoms with Crippen molar-refractivity contribution in [3.8, 4) is 5.75 Å². The number of benzene rings is 1. The summed E-state index contributed by atoms with van der Waals surface area (Å²) in [6.45, 7) is 2.00. The van der Waals surface area contributed by atoms with E-state index in [0.717, 1.165) is 5.69 Å². The Morgan fingerprint density at radius 1 is 1.62 bits per heavy atom. The molecule has 0 aliphatic heterocycles. The Kier molecular flexibility index (Phi) is 4.43. The molecule has 0 aliphatic rings. The van der Waals surface area contributed by atoms with E-state index in [0.29, 0.717) is 17.3 Å². The summed E-state index contributed by atoms with van der Waals surface area (Å²) >= 11 is 5.93. The van der Waals surface area contributed by atoms with Gasteiger partial charge in [0.15, 0.2) is 0 Å². The molecule has 1 aromatic rings. The molecule has 88 valence electrons. The fourth-order valence-electron chi connectivity index (χ4n) is 1.13. The number of nitrogens with one attached hydrogen (secondary N) is 1. The Morgan fingerprint density at radius 2 is 2.31 bits per heavy atom. The number of aliphatic carboxylic acids is 1. The molecule has 1 rings (SSSR count). The highest BCUT2D eigenvalue weighted by Crippen LogP contribution is 2.27. The van der Waals surface area contributed by atoms with Crippen LogP contribution in [0.15, 0.2) is 18.2 Å². The van der Waals surface area contributed by atoms with Crippen molar-refractivity contribution in [1.82, 2.24) is 0 Å². The molecular formula is C11H14ClNO3. The van der Waals surface area contributed by atoms with Crippen molar-refractivity contribution in [3.63, 3.8) is 0 Å². The lowest BCUT2D eigenvalue weighted by atomic mass is 10.2. The number of hydrogen-bond donors (Lipinski definition) is 2. The van der Waals surface area contributed by atoms with Gasteiger partial charge in [-0.15, -0.1) is 0 Å². The van der Waals surface area contributed by atoms with Crippen molar-refractivity contribution in [2.24, 2.45) is 5.92 Å². The van der Waals surface area contributed by atoms with Crippen molar-refractivity contribution < 1.29 is 14.6 Å². The molecule has 0 heterocycles. The van der Waals surface area contributed by atoms with E-state index in [9.17, 15) is 4.79 Å². The highest BCUT2D eigenvalue weighted by molar-refractivity contribution is 6.32. The van der Waals surface area contributed by atoms with E-state index >= 15 is 0 Å². The topological polar surface area (TPSA) is 58.6 Å². The number of carboxylic acids is 1. The van der Waals surface area contributed by atoms with Gasteiger partial charge in [-0.05, 0) is 18.2 Å². The molecule has 0 fully saturated rings. The molecular weight excluding hydrogens is 230 g/mol. The lowest BCUT2D eigenvalue weighted by Crippen LogP contribution is -2.19. The van der Waals surface area contributed by atoms with E-state index in [2.05, 4.69) is 5.32 Å². The molecule has 0 spiro atoms. The first-order valence-corrected chi connectivity index (χ1v) is 5.22. The Morgan fingerprint density at radius 3 is 2.81 bits per heavy atom. The van der Waals surface area contributed by atoms with Crippen LogP contribution in [0.1, 0.15) is 6.92 Å². The molecule has 0 saturated carbocycles. The maximum Gasteiger partial charge on any atom is 0.308 e. The normalized spacial score (nSPS) is 11.9. The maximum absolute atomic E-state index is 10.6. The zero-order valence-corrected chi connectivity index (χ0v) is 9.91. The van der Waals surface area contributed by atoms with Crippen molar-refractivity contribution in [1.29, 1.82) is 0 Å². The molecule has 0 radical (unpaired) electrons. The summed E-state index contributed by atoms with van der Waals surface area (Å²) in [5, 5.41) is 12.2. The molecule has 1 aromatic carbocycles. The summed E-state index contributed by atoms with van der Waals surface area (Å²) in [7, 11) is 1.54. The SMILES string of the molecule is COc1ccc(NCC(C)C(=O)O)cc1Cl. The third kappa shape index (κ3) is 3.31. The second-order valence-corrected chi connectivity index (χ2v) is 3.88. The largest absolute Gasteiger partial charge is 0.495 e. The first-order chi connectivity index (χ1) is 7.54. The van der Waals surface area contributed by atoms with E-state index in [1.807, 2.05) is 0 Å². The van der Waals surface area contributed by atoms with Crippen LogP contribution in [-0.4, -0.2) is 24.7 Å². The standard InChI is InChI=1S/C11H14ClNO3/c1-7(11(14)15)6-13-8-3-4-10(16-2)9(12)5-8/h3-5,7,13H,6H2,1-2H3,(H,14,15). The van der Waals surface area contributed by atoms with Gasteiger partial charge < -0.3 is 15.2 Å². The van der Waals surface area contributed by atoms with Gasteiger partial charge in [-0.25, -0.2) is 0 Å². The number of halogens is 1. The lowest BCUT2D eigenvalue weighted by Gasteiger charge is -2.11. The van der Waals surface area contributed by atoms with Gasteiger partial charge in [0.25, 0.3) is 0 Å². The Labute approximate surface area is 99.2 Å². The molecule has 0 saturated heterocycles. The monoisotopic (exact) mass is 243 g/mol. The first kappa shape index (κ1) is 12.6. The van der Waals surface area contributed by atoms with E-state index in [1.165, 1.54) is 0 Å². The van der Waals surface area contributed by atoms with E-state index in [1.54, 1.807) is 32.2 Å². The van der Waals surface area contributed by atoms with Gasteiger partial charge in [0.05, 0.1) is 18.1 Å². The van der Waals surface area contributed by atoms with Crippen LogP contribution >= 0.6 is 11.6 Å². The highest BCUT2D eigenvalue weighted by Gasteiger charge is 2.10. The first-order valence-electron chi connectivity index (χ1n) is 4.84. The van der Waals surface area contributed by atoms with E-state index in [4.69, 9.17) is 21.4 Å². The predicted octanol–water partition coefficient (Wildman–Crippen LogP) is 2.48. The van der Waals surface area contributed by atoms with Crippen LogP contribution in [0, 0.1) is 5.92 Å². The number of methoxy groups -OCH3 is 1. The fourth-order valence-corrected chi connectivity index (χ4v) is 1.39. The molecule has 1 atom stereocenters. The maximum atomic E-state index is 10.6. The molecule has 0 aromatic heterocycles. The minimum absolute atomic E-state index is 0.359. The predicted molar refractivity (Wildman–Crippen MR) is 63.3 cm³/mol. The zero-order chi connectivity index (χ0) is 12.1. The summed E-state index contributed by atoms with van der Waals surface area (Å²) in [4.78, 5) is 10.6. The van der Waals surface area contributed by atoms with Gasteiger partial charge in [0, 0.05) is 12.2 Å². The van der Waals surface area contributed by atoms with Crippen LogP contribution in [0.3, 0.4) is 0 Å². The summed E-state index contributed by atoms with van der Waals surface area (Å²) in [6.07, 6.45) is 0. The lowest BCUT2D eigenvalue weighted by molar-refractivity contribution is -0.140. The van der Waals surface area contributed by atoms with Gasteiger partial charge in [-0.3, -0.25) is 4.79 Å². The van der Waals surface area contributed by atoms with E-state index < -0.39 is 11.9 Å². The van der Waals surface area contributed by atoms with Crippen LogP contribution in [0.25, 0.3) is 0 Å². The van der Waals surface area contributed by atoms with Gasteiger partial charge in [-0.1, -0.05) is 18.5 Å². The van der Waals surface area contributed by atoms with Crippen molar-refractivity contribution in [3.05, 3.63) is 23.2 Å². The summed E-state index contributed by atoms with van der Waals surface area (Å²) in [5.74, 6) is -0.675.